The third-order valence-corrected chi connectivity index (χ3v) is 12.1. The molecule has 0 aromatic rings. The second kappa shape index (κ2) is 8.00. The summed E-state index contributed by atoms with van der Waals surface area (Å²) in [5.74, 6) is 5.32. The van der Waals surface area contributed by atoms with Gasteiger partial charge in [-0.25, -0.2) is 0 Å². The van der Waals surface area contributed by atoms with Crippen LogP contribution in [-0.2, 0) is 0 Å². The highest BCUT2D eigenvalue weighted by Crippen LogP contribution is 2.68. The molecule has 0 bridgehead atoms. The first-order valence-electron chi connectivity index (χ1n) is 13.7. The van der Waals surface area contributed by atoms with Crippen LogP contribution in [0.4, 0.5) is 0 Å². The highest BCUT2D eigenvalue weighted by atomic mass is 16.3. The number of rotatable bonds is 5. The van der Waals surface area contributed by atoms with Gasteiger partial charge in [0.05, 0.1) is 11.2 Å². The standard InChI is InChI=1S/C29H52O2/c1-19(2)29(7,31)15-12-20(3)23-10-11-24-22-9-8-21-18-26(4,30)16-17-27(21,5)25(22)13-14-28(23,24)6/h19-25,30-31H,8-18H2,1-7H3/t20-,21-,22+,23-,24+,25+,26+,27+,28-,29?/m1/s1. The van der Waals surface area contributed by atoms with Crippen molar-refractivity contribution in [1.29, 1.82) is 0 Å². The summed E-state index contributed by atoms with van der Waals surface area (Å²) in [7, 11) is 0. The summed E-state index contributed by atoms with van der Waals surface area (Å²) in [5.41, 5.74) is 0.0189. The molecule has 10 atom stereocenters. The van der Waals surface area contributed by atoms with E-state index in [4.69, 9.17) is 0 Å². The van der Waals surface area contributed by atoms with Crippen molar-refractivity contribution in [3.63, 3.8) is 0 Å². The molecule has 4 aliphatic rings. The summed E-state index contributed by atoms with van der Waals surface area (Å²) < 4.78 is 0. The second-order valence-corrected chi connectivity index (χ2v) is 14.1. The Balaban J connectivity index is 1.47. The van der Waals surface area contributed by atoms with Crippen LogP contribution in [0.1, 0.15) is 119 Å². The van der Waals surface area contributed by atoms with E-state index in [0.717, 1.165) is 48.9 Å². The van der Waals surface area contributed by atoms with Crippen LogP contribution < -0.4 is 0 Å². The minimum Gasteiger partial charge on any atom is -0.390 e. The minimum absolute atomic E-state index is 0.328. The molecule has 0 aromatic heterocycles. The van der Waals surface area contributed by atoms with Gasteiger partial charge in [-0.05, 0) is 137 Å². The van der Waals surface area contributed by atoms with Crippen LogP contribution >= 0.6 is 0 Å². The lowest BCUT2D eigenvalue weighted by molar-refractivity contribution is -0.148. The van der Waals surface area contributed by atoms with E-state index in [1.165, 1.54) is 51.4 Å². The van der Waals surface area contributed by atoms with Gasteiger partial charge in [-0.2, -0.15) is 0 Å². The van der Waals surface area contributed by atoms with Crippen molar-refractivity contribution in [2.24, 2.45) is 52.3 Å². The predicted octanol–water partition coefficient (Wildman–Crippen LogP) is 7.22. The first kappa shape index (κ1) is 24.1. The summed E-state index contributed by atoms with van der Waals surface area (Å²) >= 11 is 0. The Morgan fingerprint density at radius 1 is 0.871 bits per heavy atom. The molecule has 0 amide bonds. The topological polar surface area (TPSA) is 40.5 Å². The summed E-state index contributed by atoms with van der Waals surface area (Å²) in [5, 5.41) is 21.5. The fraction of sp³-hybridized carbons (Fsp3) is 1.00. The van der Waals surface area contributed by atoms with Crippen molar-refractivity contribution >= 4 is 0 Å². The number of fused-ring (bicyclic) bond motifs is 5. The lowest BCUT2D eigenvalue weighted by Crippen LogP contribution is -2.55. The number of hydrogen-bond donors (Lipinski definition) is 2. The van der Waals surface area contributed by atoms with Gasteiger partial charge < -0.3 is 10.2 Å². The monoisotopic (exact) mass is 432 g/mol. The zero-order valence-corrected chi connectivity index (χ0v) is 21.7. The summed E-state index contributed by atoms with van der Waals surface area (Å²) in [6, 6.07) is 0. The average molecular weight is 433 g/mol. The molecule has 0 spiro atoms. The van der Waals surface area contributed by atoms with E-state index in [0.29, 0.717) is 22.7 Å². The molecule has 0 aliphatic heterocycles. The largest absolute Gasteiger partial charge is 0.390 e. The van der Waals surface area contributed by atoms with Crippen molar-refractivity contribution in [3.05, 3.63) is 0 Å². The van der Waals surface area contributed by atoms with Crippen molar-refractivity contribution in [1.82, 2.24) is 0 Å². The van der Waals surface area contributed by atoms with Gasteiger partial charge in [0.15, 0.2) is 0 Å². The lowest BCUT2D eigenvalue weighted by Gasteiger charge is -2.62. The Kier molecular flexibility index (Phi) is 6.21. The van der Waals surface area contributed by atoms with E-state index in [9.17, 15) is 10.2 Å². The van der Waals surface area contributed by atoms with Gasteiger partial charge in [0.1, 0.15) is 0 Å². The van der Waals surface area contributed by atoms with Crippen LogP contribution in [0.25, 0.3) is 0 Å². The van der Waals surface area contributed by atoms with Gasteiger partial charge >= 0.3 is 0 Å². The van der Waals surface area contributed by atoms with Gasteiger partial charge in [0, 0.05) is 0 Å². The summed E-state index contributed by atoms with van der Waals surface area (Å²) in [6.45, 7) is 16.2. The predicted molar refractivity (Wildman–Crippen MR) is 130 cm³/mol. The lowest BCUT2D eigenvalue weighted by atomic mass is 9.43. The Morgan fingerprint density at radius 3 is 2.23 bits per heavy atom. The molecule has 1 unspecified atom stereocenters. The molecular weight excluding hydrogens is 380 g/mol. The summed E-state index contributed by atoms with van der Waals surface area (Å²) in [4.78, 5) is 0. The van der Waals surface area contributed by atoms with Gasteiger partial charge in [-0.1, -0.05) is 34.6 Å². The molecule has 0 heterocycles. The Hall–Kier alpha value is -0.0800. The maximum Gasteiger partial charge on any atom is 0.0642 e. The van der Waals surface area contributed by atoms with Crippen molar-refractivity contribution in [2.45, 2.75) is 130 Å². The van der Waals surface area contributed by atoms with Gasteiger partial charge in [0.25, 0.3) is 0 Å². The first-order valence-corrected chi connectivity index (χ1v) is 13.7. The molecular formula is C29H52O2. The molecule has 0 saturated heterocycles. The van der Waals surface area contributed by atoms with E-state index in [1.54, 1.807) is 0 Å². The van der Waals surface area contributed by atoms with Crippen LogP contribution in [0, 0.1) is 52.3 Å². The van der Waals surface area contributed by atoms with Gasteiger partial charge in [-0.3, -0.25) is 0 Å². The molecule has 31 heavy (non-hydrogen) atoms. The Morgan fingerprint density at radius 2 is 1.55 bits per heavy atom. The van der Waals surface area contributed by atoms with Crippen LogP contribution in [0.2, 0.25) is 0 Å². The maximum atomic E-state index is 10.8. The molecule has 2 N–H and O–H groups in total. The molecule has 180 valence electrons. The first-order chi connectivity index (χ1) is 14.3. The maximum absolute atomic E-state index is 10.8. The van der Waals surface area contributed by atoms with E-state index in [-0.39, 0.29) is 0 Å². The van der Waals surface area contributed by atoms with Crippen LogP contribution in [-0.4, -0.2) is 21.4 Å². The van der Waals surface area contributed by atoms with E-state index < -0.39 is 11.2 Å². The van der Waals surface area contributed by atoms with Crippen molar-refractivity contribution in [3.8, 4) is 0 Å². The molecule has 2 nitrogen and oxygen atoms in total. The van der Waals surface area contributed by atoms with Gasteiger partial charge in [0.2, 0.25) is 0 Å². The Labute approximate surface area is 193 Å². The number of hydrogen-bond acceptors (Lipinski definition) is 2. The molecule has 4 fully saturated rings. The third-order valence-electron chi connectivity index (χ3n) is 12.1. The summed E-state index contributed by atoms with van der Waals surface area (Å²) in [6.07, 6.45) is 13.8. The zero-order valence-electron chi connectivity index (χ0n) is 21.7. The fourth-order valence-corrected chi connectivity index (χ4v) is 9.42. The molecule has 4 saturated carbocycles. The van der Waals surface area contributed by atoms with Crippen molar-refractivity contribution < 1.29 is 10.2 Å². The molecule has 2 heteroatoms. The second-order valence-electron chi connectivity index (χ2n) is 14.1. The SMILES string of the molecule is CC(C)C(C)(O)CC[C@@H](C)[C@H]1CC[C@H]2[C@@H]3CC[C@@H]4C[C@@](C)(O)CC[C@]4(C)[C@H]3CC[C@]12C. The number of aliphatic hydroxyl groups is 2. The molecule has 4 rings (SSSR count). The average Bonchev–Trinajstić information content (AvgIpc) is 3.04. The van der Waals surface area contributed by atoms with E-state index in [2.05, 4.69) is 41.5 Å². The van der Waals surface area contributed by atoms with Crippen LogP contribution in [0.5, 0.6) is 0 Å². The third kappa shape index (κ3) is 4.05. The van der Waals surface area contributed by atoms with Crippen LogP contribution in [0.3, 0.4) is 0 Å². The molecule has 4 aliphatic carbocycles. The zero-order chi connectivity index (χ0) is 22.8. The van der Waals surface area contributed by atoms with E-state index >= 15 is 0 Å². The quantitative estimate of drug-likeness (QED) is 0.481. The minimum atomic E-state index is -0.528. The Bertz CT molecular complexity index is 651. The smallest absolute Gasteiger partial charge is 0.0642 e. The molecule has 0 aromatic carbocycles. The highest BCUT2D eigenvalue weighted by Gasteiger charge is 2.61. The van der Waals surface area contributed by atoms with E-state index in [1.807, 2.05) is 6.92 Å². The van der Waals surface area contributed by atoms with Crippen molar-refractivity contribution in [2.75, 3.05) is 0 Å². The van der Waals surface area contributed by atoms with Gasteiger partial charge in [-0.15, -0.1) is 0 Å². The van der Waals surface area contributed by atoms with Crippen LogP contribution in [0.15, 0.2) is 0 Å². The fourth-order valence-electron chi connectivity index (χ4n) is 9.42. The highest BCUT2D eigenvalue weighted by molar-refractivity contribution is 5.10. The normalized spacial score (nSPS) is 50.3. The molecule has 0 radical (unpaired) electrons.